The van der Waals surface area contributed by atoms with Crippen LogP contribution in [0.15, 0.2) is 30.3 Å². The molecule has 4 heteroatoms. The molecule has 124 valence electrons. The van der Waals surface area contributed by atoms with Crippen molar-refractivity contribution in [3.8, 4) is 0 Å². The van der Waals surface area contributed by atoms with Gasteiger partial charge in [0, 0.05) is 10.8 Å². The van der Waals surface area contributed by atoms with Gasteiger partial charge in [0.1, 0.15) is 0 Å². The molecule has 24 heavy (non-hydrogen) atoms. The Kier molecular flexibility index (Phi) is 3.02. The molecule has 3 N–H and O–H groups in total. The summed E-state index contributed by atoms with van der Waals surface area (Å²) in [7, 11) is 0. The summed E-state index contributed by atoms with van der Waals surface area (Å²) < 4.78 is 0. The lowest BCUT2D eigenvalue weighted by Crippen LogP contribution is -2.50. The molecule has 2 aromatic rings. The van der Waals surface area contributed by atoms with Gasteiger partial charge in [0.15, 0.2) is 0 Å². The Hall–Kier alpha value is -1.94. The number of benzene rings is 1. The molecule has 4 saturated carbocycles. The Balaban J connectivity index is 1.71. The van der Waals surface area contributed by atoms with Gasteiger partial charge in [-0.15, -0.1) is 0 Å². The molecule has 0 atom stereocenters. The Morgan fingerprint density at radius 1 is 1.08 bits per heavy atom. The third kappa shape index (κ3) is 2.02. The number of para-hydroxylation sites is 1. The predicted octanol–water partition coefficient (Wildman–Crippen LogP) is 3.31. The van der Waals surface area contributed by atoms with Crippen LogP contribution in [0, 0.1) is 17.8 Å². The van der Waals surface area contributed by atoms with Gasteiger partial charge < -0.3 is 0 Å². The number of nitrogens with zero attached hydrogens (tertiary/aromatic N) is 1. The number of hydrazine groups is 1. The summed E-state index contributed by atoms with van der Waals surface area (Å²) >= 11 is 0. The minimum atomic E-state index is -0.209. The molecule has 1 aromatic heterocycles. The molecule has 4 aliphatic carbocycles. The molecule has 4 aliphatic rings. The van der Waals surface area contributed by atoms with Gasteiger partial charge in [0.25, 0.3) is 5.91 Å². The van der Waals surface area contributed by atoms with Crippen LogP contribution in [-0.2, 0) is 5.41 Å². The summed E-state index contributed by atoms with van der Waals surface area (Å²) in [4.78, 5) is 17.5. The number of nitrogen functional groups attached to an aromatic ring is 1. The van der Waals surface area contributed by atoms with Crippen molar-refractivity contribution in [2.24, 2.45) is 23.6 Å². The lowest BCUT2D eigenvalue weighted by molar-refractivity contribution is -0.00744. The fourth-order valence-electron chi connectivity index (χ4n) is 6.17. The SMILES string of the molecule is NNC(=O)c1cc2ccccc2nc1C12CC3CC(CC(C3)C1)C2. The third-order valence-corrected chi connectivity index (χ3v) is 6.64. The number of pyridine rings is 1. The number of rotatable bonds is 2. The fourth-order valence-corrected chi connectivity index (χ4v) is 6.17. The van der Waals surface area contributed by atoms with Crippen LogP contribution in [0.3, 0.4) is 0 Å². The summed E-state index contributed by atoms with van der Waals surface area (Å²) in [6.07, 6.45) is 7.71. The largest absolute Gasteiger partial charge is 0.290 e. The highest BCUT2D eigenvalue weighted by atomic mass is 16.2. The second kappa shape index (κ2) is 5.03. The van der Waals surface area contributed by atoms with Crippen molar-refractivity contribution in [1.29, 1.82) is 0 Å². The summed E-state index contributed by atoms with van der Waals surface area (Å²) in [5.74, 6) is 7.73. The van der Waals surface area contributed by atoms with Gasteiger partial charge >= 0.3 is 0 Å². The predicted molar refractivity (Wildman–Crippen MR) is 93.2 cm³/mol. The highest BCUT2D eigenvalue weighted by molar-refractivity contribution is 5.98. The van der Waals surface area contributed by atoms with E-state index in [9.17, 15) is 4.79 Å². The topological polar surface area (TPSA) is 68.0 Å². The molecule has 1 aromatic carbocycles. The first-order valence-corrected chi connectivity index (χ1v) is 9.08. The third-order valence-electron chi connectivity index (χ3n) is 6.64. The van der Waals surface area contributed by atoms with Gasteiger partial charge in [-0.1, -0.05) is 18.2 Å². The van der Waals surface area contributed by atoms with E-state index in [4.69, 9.17) is 10.8 Å². The number of amides is 1. The van der Waals surface area contributed by atoms with Crippen molar-refractivity contribution < 1.29 is 4.79 Å². The average molecular weight is 321 g/mol. The van der Waals surface area contributed by atoms with Crippen LogP contribution in [0.25, 0.3) is 10.9 Å². The zero-order chi connectivity index (χ0) is 16.3. The Morgan fingerprint density at radius 2 is 1.71 bits per heavy atom. The first-order chi connectivity index (χ1) is 11.7. The van der Waals surface area contributed by atoms with Crippen LogP contribution in [0.1, 0.15) is 54.6 Å². The molecule has 0 spiro atoms. The van der Waals surface area contributed by atoms with E-state index >= 15 is 0 Å². The van der Waals surface area contributed by atoms with Crippen molar-refractivity contribution in [3.05, 3.63) is 41.6 Å². The number of hydrogen-bond donors (Lipinski definition) is 2. The van der Waals surface area contributed by atoms with Crippen molar-refractivity contribution in [2.45, 2.75) is 43.9 Å². The highest BCUT2D eigenvalue weighted by Gasteiger charge is 2.53. The molecule has 0 saturated heterocycles. The number of aromatic nitrogens is 1. The molecule has 4 fully saturated rings. The maximum atomic E-state index is 12.5. The standard InChI is InChI=1S/C20H23N3O/c21-23-19(24)16-8-15-3-1-2-4-17(15)22-18(16)20-9-12-5-13(10-20)7-14(6-12)11-20/h1-4,8,12-14H,5-7,9-11,21H2,(H,23,24). The zero-order valence-corrected chi connectivity index (χ0v) is 13.8. The van der Waals surface area contributed by atoms with Gasteiger partial charge in [-0.3, -0.25) is 15.2 Å². The smallest absolute Gasteiger partial charge is 0.267 e. The normalized spacial score (nSPS) is 33.8. The molecular formula is C20H23N3O. The summed E-state index contributed by atoms with van der Waals surface area (Å²) in [5.41, 5.74) is 5.09. The van der Waals surface area contributed by atoms with Crippen LogP contribution < -0.4 is 11.3 Å². The first kappa shape index (κ1) is 14.4. The first-order valence-electron chi connectivity index (χ1n) is 9.08. The van der Waals surface area contributed by atoms with Crippen molar-refractivity contribution in [2.75, 3.05) is 0 Å². The van der Waals surface area contributed by atoms with Gasteiger partial charge in [-0.2, -0.15) is 0 Å². The van der Waals surface area contributed by atoms with E-state index in [1.54, 1.807) is 0 Å². The zero-order valence-electron chi connectivity index (χ0n) is 13.8. The van der Waals surface area contributed by atoms with E-state index in [0.29, 0.717) is 5.56 Å². The number of carbonyl (C=O) groups excluding carboxylic acids is 1. The number of nitrogens with one attached hydrogen (secondary N) is 1. The quantitative estimate of drug-likeness (QED) is 0.506. The number of nitrogens with two attached hydrogens (primary N) is 1. The van der Waals surface area contributed by atoms with E-state index < -0.39 is 0 Å². The maximum absolute atomic E-state index is 12.5. The van der Waals surface area contributed by atoms with Crippen LogP contribution in [-0.4, -0.2) is 10.9 Å². The number of fused-ring (bicyclic) bond motifs is 1. The van der Waals surface area contributed by atoms with Gasteiger partial charge in [-0.25, -0.2) is 5.84 Å². The van der Waals surface area contributed by atoms with Crippen LogP contribution >= 0.6 is 0 Å². The number of hydrogen-bond acceptors (Lipinski definition) is 3. The van der Waals surface area contributed by atoms with E-state index in [-0.39, 0.29) is 11.3 Å². The molecule has 1 amide bonds. The van der Waals surface area contributed by atoms with Crippen LogP contribution in [0.5, 0.6) is 0 Å². The van der Waals surface area contributed by atoms with Crippen LogP contribution in [0.4, 0.5) is 0 Å². The molecular weight excluding hydrogens is 298 g/mol. The lowest BCUT2D eigenvalue weighted by Gasteiger charge is -2.56. The van der Waals surface area contributed by atoms with E-state index in [1.165, 1.54) is 38.5 Å². The second-order valence-corrected chi connectivity index (χ2v) is 8.25. The average Bonchev–Trinajstić information content (AvgIpc) is 2.59. The van der Waals surface area contributed by atoms with E-state index in [0.717, 1.165) is 34.4 Å². The summed E-state index contributed by atoms with van der Waals surface area (Å²) in [5, 5.41) is 1.00. The second-order valence-electron chi connectivity index (χ2n) is 8.25. The van der Waals surface area contributed by atoms with Gasteiger partial charge in [-0.05, 0) is 68.4 Å². The molecule has 0 unspecified atom stereocenters. The molecule has 1 heterocycles. The lowest BCUT2D eigenvalue weighted by atomic mass is 9.48. The van der Waals surface area contributed by atoms with E-state index in [2.05, 4.69) is 5.43 Å². The van der Waals surface area contributed by atoms with Gasteiger partial charge in [0.05, 0.1) is 16.8 Å². The molecule has 0 aliphatic heterocycles. The fraction of sp³-hybridized carbons (Fsp3) is 0.500. The van der Waals surface area contributed by atoms with E-state index in [1.807, 2.05) is 30.3 Å². The van der Waals surface area contributed by atoms with Crippen LogP contribution in [0.2, 0.25) is 0 Å². The highest BCUT2D eigenvalue weighted by Crippen LogP contribution is 2.60. The molecule has 6 rings (SSSR count). The number of carbonyl (C=O) groups is 1. The summed E-state index contributed by atoms with van der Waals surface area (Å²) in [6, 6.07) is 10.0. The van der Waals surface area contributed by atoms with Gasteiger partial charge in [0.2, 0.25) is 0 Å². The Morgan fingerprint density at radius 3 is 2.33 bits per heavy atom. The van der Waals surface area contributed by atoms with Crippen molar-refractivity contribution >= 4 is 16.8 Å². The molecule has 0 radical (unpaired) electrons. The Labute approximate surface area is 141 Å². The van der Waals surface area contributed by atoms with Crippen molar-refractivity contribution in [1.82, 2.24) is 10.4 Å². The minimum Gasteiger partial charge on any atom is -0.290 e. The van der Waals surface area contributed by atoms with Crippen molar-refractivity contribution in [3.63, 3.8) is 0 Å². The monoisotopic (exact) mass is 321 g/mol. The Bertz CT molecular complexity index is 793. The summed E-state index contributed by atoms with van der Waals surface area (Å²) in [6.45, 7) is 0. The molecule has 4 nitrogen and oxygen atoms in total. The maximum Gasteiger partial charge on any atom is 0.267 e. The minimum absolute atomic E-state index is 0.0840. The molecule has 4 bridgehead atoms.